The van der Waals surface area contributed by atoms with Crippen LogP contribution in [0.3, 0.4) is 0 Å². The Balaban J connectivity index is 0.00000150. The van der Waals surface area contributed by atoms with Gasteiger partial charge in [0.25, 0.3) is 0 Å². The molecule has 0 saturated heterocycles. The molecule has 0 fully saturated rings. The van der Waals surface area contributed by atoms with Gasteiger partial charge in [-0.15, -0.1) is 24.8 Å². The zero-order chi connectivity index (χ0) is 19.0. The van der Waals surface area contributed by atoms with E-state index in [0.29, 0.717) is 5.56 Å². The van der Waals surface area contributed by atoms with Gasteiger partial charge in [-0.25, -0.2) is 0 Å². The molecular weight excluding hydrogens is 413 g/mol. The molecule has 0 atom stereocenters. The lowest BCUT2D eigenvalue weighted by molar-refractivity contribution is -0.136. The number of halogens is 2. The molecule has 0 spiro atoms. The molecule has 0 amide bonds. The summed E-state index contributed by atoms with van der Waals surface area (Å²) in [5, 5.41) is 21.0. The number of carbonyl (C=O) groups is 1. The van der Waals surface area contributed by atoms with E-state index in [1.54, 1.807) is 12.1 Å². The van der Waals surface area contributed by atoms with Crippen molar-refractivity contribution in [2.24, 2.45) is 10.7 Å². The number of carboxylic acids is 1. The van der Waals surface area contributed by atoms with Gasteiger partial charge >= 0.3 is 5.97 Å². The summed E-state index contributed by atoms with van der Waals surface area (Å²) in [6, 6.07) is 13.2. The Kier molecular flexibility index (Phi) is 6.89. The number of aliphatic imine (C=N–C) groups is 1. The maximum atomic E-state index is 11.4. The Bertz CT molecular complexity index is 1090. The molecule has 29 heavy (non-hydrogen) atoms. The number of aliphatic carboxylic acids is 1. The third-order valence-corrected chi connectivity index (χ3v) is 4.67. The van der Waals surface area contributed by atoms with Crippen LogP contribution in [0.5, 0.6) is 0 Å². The topological polar surface area (TPSA) is 127 Å². The van der Waals surface area contributed by atoms with Crippen molar-refractivity contribution in [3.8, 4) is 11.3 Å². The van der Waals surface area contributed by atoms with Gasteiger partial charge in [0.2, 0.25) is 0 Å². The van der Waals surface area contributed by atoms with Crippen LogP contribution in [0, 0.1) is 5.41 Å². The monoisotopic (exact) mass is 433 g/mol. The zero-order valence-corrected chi connectivity index (χ0v) is 17.0. The minimum absolute atomic E-state index is 0. The van der Waals surface area contributed by atoms with Crippen molar-refractivity contribution in [3.05, 3.63) is 59.2 Å². The minimum atomic E-state index is -0.895. The fourth-order valence-corrected chi connectivity index (χ4v) is 3.39. The van der Waals surface area contributed by atoms with E-state index in [-0.39, 0.29) is 37.1 Å². The summed E-state index contributed by atoms with van der Waals surface area (Å²) < 4.78 is 0. The fourth-order valence-electron chi connectivity index (χ4n) is 3.39. The number of aromatic amines is 1. The van der Waals surface area contributed by atoms with E-state index in [1.165, 1.54) is 0 Å². The number of nitrogen functional groups attached to an aromatic ring is 1. The molecular formula is C20H21Cl2N5O2. The number of fused-ring (bicyclic) bond motifs is 1. The first-order valence-electron chi connectivity index (χ1n) is 8.63. The van der Waals surface area contributed by atoms with E-state index in [2.05, 4.69) is 15.3 Å². The fraction of sp³-hybridized carbons (Fsp3) is 0.150. The van der Waals surface area contributed by atoms with Gasteiger partial charge in [0.05, 0.1) is 18.7 Å². The van der Waals surface area contributed by atoms with Gasteiger partial charge in [0, 0.05) is 28.6 Å². The number of nitrogens with two attached hydrogens (primary N) is 1. The molecule has 0 bridgehead atoms. The number of amidine groups is 2. The van der Waals surface area contributed by atoms with Crippen molar-refractivity contribution in [1.29, 1.82) is 5.41 Å². The van der Waals surface area contributed by atoms with Crippen LogP contribution >= 0.6 is 24.8 Å². The van der Waals surface area contributed by atoms with Crippen molar-refractivity contribution >= 4 is 53.4 Å². The molecule has 152 valence electrons. The van der Waals surface area contributed by atoms with E-state index in [0.717, 1.165) is 52.2 Å². The summed E-state index contributed by atoms with van der Waals surface area (Å²) in [6.07, 6.45) is -0.0925. The van der Waals surface area contributed by atoms with Crippen molar-refractivity contribution in [2.45, 2.75) is 6.42 Å². The molecule has 1 aliphatic rings. The minimum Gasteiger partial charge on any atom is -0.481 e. The third kappa shape index (κ3) is 4.36. The second-order valence-electron chi connectivity index (χ2n) is 6.46. The SMILES string of the molecule is Cl.Cl.N=C(N)c1ccc2c(CC(=O)O)c(-c3ccc(C4=NCCN4)cc3)[nH]c2c1. The summed E-state index contributed by atoms with van der Waals surface area (Å²) in [5.74, 6) is -0.0361. The number of aromatic nitrogens is 1. The van der Waals surface area contributed by atoms with Crippen molar-refractivity contribution < 1.29 is 9.90 Å². The predicted molar refractivity (Wildman–Crippen MR) is 120 cm³/mol. The Morgan fingerprint density at radius 2 is 1.83 bits per heavy atom. The van der Waals surface area contributed by atoms with Gasteiger partial charge < -0.3 is 21.1 Å². The van der Waals surface area contributed by atoms with E-state index in [4.69, 9.17) is 11.1 Å². The molecule has 0 unspecified atom stereocenters. The number of rotatable bonds is 5. The van der Waals surface area contributed by atoms with Gasteiger partial charge in [-0.2, -0.15) is 0 Å². The molecule has 1 aromatic heterocycles. The normalized spacial score (nSPS) is 12.5. The number of benzene rings is 2. The second kappa shape index (κ2) is 8.98. The highest BCUT2D eigenvalue weighted by molar-refractivity contribution is 6.02. The number of hydrogen-bond donors (Lipinski definition) is 5. The Hall–Kier alpha value is -3.03. The molecule has 4 rings (SSSR count). The molecule has 0 aliphatic carbocycles. The predicted octanol–water partition coefficient (Wildman–Crippen LogP) is 2.94. The summed E-state index contributed by atoms with van der Waals surface area (Å²) in [5.41, 5.74) is 10.3. The standard InChI is InChI=1S/C20H19N5O2.2ClH/c21-19(22)13-5-6-14-15(10-17(26)27)18(25-16(14)9-13)11-1-3-12(4-2-11)20-23-7-8-24-20;;/h1-6,9,25H,7-8,10H2,(H3,21,22)(H,23,24)(H,26,27);2*1H. The number of H-pyrrole nitrogens is 1. The molecule has 0 radical (unpaired) electrons. The second-order valence-corrected chi connectivity index (χ2v) is 6.46. The van der Waals surface area contributed by atoms with Gasteiger partial charge in [0.15, 0.2) is 0 Å². The van der Waals surface area contributed by atoms with Crippen LogP contribution < -0.4 is 11.1 Å². The van der Waals surface area contributed by atoms with E-state index < -0.39 is 5.97 Å². The average molecular weight is 434 g/mol. The zero-order valence-electron chi connectivity index (χ0n) is 15.4. The highest BCUT2D eigenvalue weighted by atomic mass is 35.5. The van der Waals surface area contributed by atoms with Crippen LogP contribution in [0.4, 0.5) is 0 Å². The number of nitrogens with zero attached hydrogens (tertiary/aromatic N) is 1. The van der Waals surface area contributed by atoms with Crippen LogP contribution in [-0.4, -0.2) is 40.8 Å². The maximum absolute atomic E-state index is 11.4. The largest absolute Gasteiger partial charge is 0.481 e. The van der Waals surface area contributed by atoms with E-state index in [9.17, 15) is 9.90 Å². The summed E-state index contributed by atoms with van der Waals surface area (Å²) in [6.45, 7) is 1.63. The Labute approximate surface area is 179 Å². The molecule has 3 aromatic rings. The molecule has 0 saturated carbocycles. The van der Waals surface area contributed by atoms with Crippen molar-refractivity contribution in [1.82, 2.24) is 10.3 Å². The van der Waals surface area contributed by atoms with Crippen molar-refractivity contribution in [3.63, 3.8) is 0 Å². The van der Waals surface area contributed by atoms with Gasteiger partial charge in [-0.05, 0) is 17.2 Å². The first-order chi connectivity index (χ1) is 13.0. The first-order valence-corrected chi connectivity index (χ1v) is 8.63. The summed E-state index contributed by atoms with van der Waals surface area (Å²) >= 11 is 0. The summed E-state index contributed by atoms with van der Waals surface area (Å²) in [7, 11) is 0. The maximum Gasteiger partial charge on any atom is 0.307 e. The van der Waals surface area contributed by atoms with Crippen LogP contribution in [0.25, 0.3) is 22.2 Å². The highest BCUT2D eigenvalue weighted by Crippen LogP contribution is 2.31. The Morgan fingerprint density at radius 3 is 2.41 bits per heavy atom. The molecule has 6 N–H and O–H groups in total. The molecule has 9 heteroatoms. The third-order valence-electron chi connectivity index (χ3n) is 4.67. The van der Waals surface area contributed by atoms with Crippen LogP contribution in [0.15, 0.2) is 47.5 Å². The van der Waals surface area contributed by atoms with Crippen LogP contribution in [0.2, 0.25) is 0 Å². The van der Waals surface area contributed by atoms with Gasteiger partial charge in [-0.3, -0.25) is 15.2 Å². The number of carboxylic acid groups (broad SMARTS) is 1. The Morgan fingerprint density at radius 1 is 1.14 bits per heavy atom. The first kappa shape index (κ1) is 22.3. The molecule has 2 aromatic carbocycles. The lowest BCUT2D eigenvalue weighted by Crippen LogP contribution is -2.19. The highest BCUT2D eigenvalue weighted by Gasteiger charge is 2.17. The molecule has 2 heterocycles. The van der Waals surface area contributed by atoms with Gasteiger partial charge in [0.1, 0.15) is 11.7 Å². The number of nitrogens with one attached hydrogen (secondary N) is 3. The molecule has 1 aliphatic heterocycles. The van der Waals surface area contributed by atoms with Gasteiger partial charge in [-0.1, -0.05) is 36.4 Å². The van der Waals surface area contributed by atoms with E-state index >= 15 is 0 Å². The van der Waals surface area contributed by atoms with E-state index in [1.807, 2.05) is 30.3 Å². The van der Waals surface area contributed by atoms with Crippen LogP contribution in [0.1, 0.15) is 16.7 Å². The lowest BCUT2D eigenvalue weighted by Gasteiger charge is -2.06. The quantitative estimate of drug-likeness (QED) is 0.313. The lowest BCUT2D eigenvalue weighted by atomic mass is 10.0. The average Bonchev–Trinajstić information content (AvgIpc) is 3.30. The van der Waals surface area contributed by atoms with Crippen LogP contribution in [-0.2, 0) is 11.2 Å². The van der Waals surface area contributed by atoms with Crippen molar-refractivity contribution in [2.75, 3.05) is 13.1 Å². The number of hydrogen-bond acceptors (Lipinski definition) is 4. The molecule has 7 nitrogen and oxygen atoms in total. The smallest absolute Gasteiger partial charge is 0.307 e. The summed E-state index contributed by atoms with van der Waals surface area (Å²) in [4.78, 5) is 19.1.